The summed E-state index contributed by atoms with van der Waals surface area (Å²) in [6.45, 7) is 0. The first-order valence-corrected chi connectivity index (χ1v) is 6.63. The topological polar surface area (TPSA) is 60.4 Å². The molecule has 22 heavy (non-hydrogen) atoms. The maximum absolute atomic E-state index is 14.8. The molecule has 4 heterocycles. The number of halogens is 3. The molecule has 6 nitrogen and oxygen atoms in total. The molecule has 0 aliphatic carbocycles. The second kappa shape index (κ2) is 4.44. The molecule has 0 spiro atoms. The number of imidazole rings is 1. The summed E-state index contributed by atoms with van der Waals surface area (Å²) in [4.78, 5) is 4.02. The van der Waals surface area contributed by atoms with Crippen LogP contribution < -0.4 is 0 Å². The van der Waals surface area contributed by atoms with Crippen LogP contribution in [0.5, 0.6) is 0 Å². The van der Waals surface area contributed by atoms with Crippen LogP contribution in [0.2, 0.25) is 5.15 Å². The quantitative estimate of drug-likeness (QED) is 0.569. The van der Waals surface area contributed by atoms with Crippen LogP contribution in [0.4, 0.5) is 8.78 Å². The minimum Gasteiger partial charge on any atom is -0.307 e. The fraction of sp³-hybridized carbons (Fsp3) is 0.0769. The molecular formula is C13H7ClF2N6. The van der Waals surface area contributed by atoms with E-state index >= 15 is 0 Å². The zero-order valence-electron chi connectivity index (χ0n) is 10.9. The van der Waals surface area contributed by atoms with E-state index < -0.39 is 11.7 Å². The largest absolute Gasteiger partial charge is 0.335 e. The van der Waals surface area contributed by atoms with Gasteiger partial charge in [-0.1, -0.05) is 11.6 Å². The van der Waals surface area contributed by atoms with E-state index in [1.165, 1.54) is 41.1 Å². The highest BCUT2D eigenvalue weighted by atomic mass is 35.5. The van der Waals surface area contributed by atoms with E-state index in [2.05, 4.69) is 20.3 Å². The summed E-state index contributed by atoms with van der Waals surface area (Å²) < 4.78 is 32.0. The summed E-state index contributed by atoms with van der Waals surface area (Å²) in [5.41, 5.74) is 0.531. The maximum Gasteiger partial charge on any atom is 0.335 e. The Morgan fingerprint density at radius 1 is 1.05 bits per heavy atom. The second-order valence-electron chi connectivity index (χ2n) is 4.63. The van der Waals surface area contributed by atoms with E-state index in [9.17, 15) is 8.78 Å². The van der Waals surface area contributed by atoms with Gasteiger partial charge in [0.1, 0.15) is 10.8 Å². The zero-order valence-corrected chi connectivity index (χ0v) is 11.6. The smallest absolute Gasteiger partial charge is 0.307 e. The average molecular weight is 321 g/mol. The van der Waals surface area contributed by atoms with Crippen molar-refractivity contribution in [3.05, 3.63) is 59.4 Å². The highest BCUT2D eigenvalue weighted by Crippen LogP contribution is 2.34. The number of hydrogen-bond acceptors (Lipinski definition) is 4. The maximum atomic E-state index is 14.8. The molecule has 0 atom stereocenters. The summed E-state index contributed by atoms with van der Waals surface area (Å²) in [6.07, 6.45) is 4.42. The number of alkyl halides is 2. The lowest BCUT2D eigenvalue weighted by Gasteiger charge is -2.14. The molecule has 0 unspecified atom stereocenters. The molecule has 0 aliphatic heterocycles. The van der Waals surface area contributed by atoms with E-state index in [1.807, 2.05) is 0 Å². The number of fused-ring (bicyclic) bond motifs is 2. The Balaban J connectivity index is 1.92. The summed E-state index contributed by atoms with van der Waals surface area (Å²) in [7, 11) is 0. The predicted molar refractivity (Wildman–Crippen MR) is 74.0 cm³/mol. The Kier molecular flexibility index (Phi) is 2.64. The molecule has 4 aromatic heterocycles. The normalized spacial score (nSPS) is 12.3. The molecule has 110 valence electrons. The van der Waals surface area contributed by atoms with Gasteiger partial charge in [0.25, 0.3) is 0 Å². The molecule has 0 aromatic carbocycles. The van der Waals surface area contributed by atoms with Crippen molar-refractivity contribution in [3.8, 4) is 0 Å². The SMILES string of the molecule is FC(F)(c1ccc2nccn2c1)c1nnc2ccc(Cl)nn12. The van der Waals surface area contributed by atoms with Gasteiger partial charge in [0.05, 0.1) is 0 Å². The van der Waals surface area contributed by atoms with Gasteiger partial charge in [0, 0.05) is 24.2 Å². The fourth-order valence-electron chi connectivity index (χ4n) is 2.20. The van der Waals surface area contributed by atoms with Gasteiger partial charge in [-0.3, -0.25) is 0 Å². The molecule has 0 aliphatic rings. The third kappa shape index (κ3) is 1.84. The van der Waals surface area contributed by atoms with E-state index in [0.717, 1.165) is 4.52 Å². The standard InChI is InChI=1S/C13H7ClF2N6/c14-9-2-4-11-18-19-12(22(11)20-9)13(15,16)8-1-3-10-17-5-6-21(10)7-8/h1-7H. The summed E-state index contributed by atoms with van der Waals surface area (Å²) in [6, 6.07) is 5.74. The van der Waals surface area contributed by atoms with E-state index in [1.54, 1.807) is 6.20 Å². The van der Waals surface area contributed by atoms with E-state index in [0.29, 0.717) is 5.65 Å². The first-order chi connectivity index (χ1) is 10.6. The van der Waals surface area contributed by atoms with Gasteiger partial charge in [0.2, 0.25) is 5.82 Å². The minimum atomic E-state index is -3.38. The number of hydrogen-bond donors (Lipinski definition) is 0. The zero-order chi connectivity index (χ0) is 15.3. The monoisotopic (exact) mass is 320 g/mol. The van der Waals surface area contributed by atoms with Crippen molar-refractivity contribution >= 4 is 22.9 Å². The van der Waals surface area contributed by atoms with Crippen LogP contribution >= 0.6 is 11.6 Å². The highest BCUT2D eigenvalue weighted by molar-refractivity contribution is 6.29. The third-order valence-electron chi connectivity index (χ3n) is 3.26. The lowest BCUT2D eigenvalue weighted by Crippen LogP contribution is -2.20. The van der Waals surface area contributed by atoms with Crippen molar-refractivity contribution < 1.29 is 8.78 Å². The molecule has 0 saturated heterocycles. The van der Waals surface area contributed by atoms with Crippen molar-refractivity contribution in [2.45, 2.75) is 5.92 Å². The summed E-state index contributed by atoms with van der Waals surface area (Å²) in [5, 5.41) is 11.2. The van der Waals surface area contributed by atoms with E-state index in [-0.39, 0.29) is 16.4 Å². The number of nitrogens with zero attached hydrogens (tertiary/aromatic N) is 6. The Morgan fingerprint density at radius 2 is 1.86 bits per heavy atom. The van der Waals surface area contributed by atoms with Crippen molar-refractivity contribution in [1.82, 2.24) is 29.2 Å². The van der Waals surface area contributed by atoms with E-state index in [4.69, 9.17) is 11.6 Å². The molecule has 4 rings (SSSR count). The Hall–Kier alpha value is -2.61. The van der Waals surface area contributed by atoms with Crippen molar-refractivity contribution in [2.75, 3.05) is 0 Å². The van der Waals surface area contributed by atoms with Gasteiger partial charge < -0.3 is 4.40 Å². The molecule has 0 amide bonds. The van der Waals surface area contributed by atoms with Crippen LogP contribution in [0.3, 0.4) is 0 Å². The van der Waals surface area contributed by atoms with Crippen molar-refractivity contribution in [2.24, 2.45) is 0 Å². The van der Waals surface area contributed by atoms with Gasteiger partial charge in [-0.15, -0.1) is 10.2 Å². The number of aromatic nitrogens is 6. The van der Waals surface area contributed by atoms with Gasteiger partial charge in [-0.2, -0.15) is 18.4 Å². The van der Waals surface area contributed by atoms with Crippen LogP contribution in [0.25, 0.3) is 11.3 Å². The molecule has 0 bridgehead atoms. The van der Waals surface area contributed by atoms with Gasteiger partial charge >= 0.3 is 5.92 Å². The average Bonchev–Trinajstić information content (AvgIpc) is 3.12. The second-order valence-corrected chi connectivity index (χ2v) is 5.02. The molecule has 0 fully saturated rings. The van der Waals surface area contributed by atoms with Crippen LogP contribution in [0, 0.1) is 0 Å². The first kappa shape index (κ1) is 13.1. The molecule has 0 saturated carbocycles. The molecule has 0 radical (unpaired) electrons. The van der Waals surface area contributed by atoms with Crippen LogP contribution in [0.15, 0.2) is 42.9 Å². The summed E-state index contributed by atoms with van der Waals surface area (Å²) in [5.74, 6) is -3.97. The lowest BCUT2D eigenvalue weighted by atomic mass is 10.1. The molecular weight excluding hydrogens is 314 g/mol. The third-order valence-corrected chi connectivity index (χ3v) is 3.46. The van der Waals surface area contributed by atoms with Gasteiger partial charge in [0.15, 0.2) is 5.65 Å². The first-order valence-electron chi connectivity index (χ1n) is 6.25. The Morgan fingerprint density at radius 3 is 2.73 bits per heavy atom. The number of pyridine rings is 1. The Labute approximate surface area is 127 Å². The highest BCUT2D eigenvalue weighted by Gasteiger charge is 2.40. The Bertz CT molecular complexity index is 992. The fourth-order valence-corrected chi connectivity index (χ4v) is 2.34. The lowest BCUT2D eigenvalue weighted by molar-refractivity contribution is 0.0302. The van der Waals surface area contributed by atoms with Crippen LogP contribution in [-0.2, 0) is 5.92 Å². The molecule has 4 aromatic rings. The van der Waals surface area contributed by atoms with Crippen LogP contribution in [0.1, 0.15) is 11.4 Å². The minimum absolute atomic E-state index is 0.0782. The summed E-state index contributed by atoms with van der Waals surface area (Å²) >= 11 is 5.76. The van der Waals surface area contributed by atoms with Gasteiger partial charge in [-0.25, -0.2) is 4.98 Å². The van der Waals surface area contributed by atoms with Crippen molar-refractivity contribution in [3.63, 3.8) is 0 Å². The number of rotatable bonds is 2. The predicted octanol–water partition coefficient (Wildman–Crippen LogP) is 2.57. The molecule has 0 N–H and O–H groups in total. The van der Waals surface area contributed by atoms with Crippen molar-refractivity contribution in [1.29, 1.82) is 0 Å². The van der Waals surface area contributed by atoms with Crippen LogP contribution in [-0.4, -0.2) is 29.2 Å². The molecule has 9 heteroatoms. The van der Waals surface area contributed by atoms with Gasteiger partial charge in [-0.05, 0) is 24.3 Å².